The quantitative estimate of drug-likeness (QED) is 0.853. The molecule has 0 unspecified atom stereocenters. The first-order valence-corrected chi connectivity index (χ1v) is 6.87. The molecule has 1 N–H and O–H groups in total. The average molecular weight is 249 g/mol. The monoisotopic (exact) mass is 249 g/mol. The van der Waals surface area contributed by atoms with Crippen LogP contribution < -0.4 is 5.32 Å². The van der Waals surface area contributed by atoms with Gasteiger partial charge in [-0.15, -0.1) is 11.3 Å². The zero-order valence-electron chi connectivity index (χ0n) is 10.4. The molecule has 2 heterocycles. The predicted molar refractivity (Wildman–Crippen MR) is 72.1 cm³/mol. The van der Waals surface area contributed by atoms with Crippen LogP contribution in [0.2, 0.25) is 0 Å². The van der Waals surface area contributed by atoms with Crippen LogP contribution >= 0.6 is 11.3 Å². The van der Waals surface area contributed by atoms with Gasteiger partial charge in [-0.25, -0.2) is 4.98 Å². The fraction of sp³-hybridized carbons (Fsp3) is 0.462. The molecular formula is C13H19N3S. The Bertz CT molecular complexity index is 459. The van der Waals surface area contributed by atoms with Crippen LogP contribution in [-0.2, 0) is 19.6 Å². The van der Waals surface area contributed by atoms with Gasteiger partial charge < -0.3 is 9.88 Å². The molecule has 0 radical (unpaired) electrons. The number of rotatable bonds is 6. The third-order valence-corrected chi connectivity index (χ3v) is 3.58. The molecule has 0 aliphatic heterocycles. The average Bonchev–Trinajstić information content (AvgIpc) is 2.90. The minimum atomic E-state index is 0.906. The second-order valence-electron chi connectivity index (χ2n) is 4.14. The molecule has 0 saturated heterocycles. The topological polar surface area (TPSA) is 29.9 Å². The van der Waals surface area contributed by atoms with Gasteiger partial charge in [0.1, 0.15) is 0 Å². The minimum absolute atomic E-state index is 0.906. The van der Waals surface area contributed by atoms with E-state index in [4.69, 9.17) is 0 Å². The number of nitrogens with one attached hydrogen (secondary N) is 1. The third kappa shape index (κ3) is 3.41. The van der Waals surface area contributed by atoms with Gasteiger partial charge in [0.05, 0.1) is 5.01 Å². The number of nitrogens with zero attached hydrogens (tertiary/aromatic N) is 2. The second kappa shape index (κ2) is 5.98. The summed E-state index contributed by atoms with van der Waals surface area (Å²) in [5, 5.41) is 4.60. The van der Waals surface area contributed by atoms with Crippen LogP contribution in [0.4, 0.5) is 0 Å². The second-order valence-corrected chi connectivity index (χ2v) is 5.46. The van der Waals surface area contributed by atoms with Gasteiger partial charge in [-0.3, -0.25) is 0 Å². The van der Waals surface area contributed by atoms with Crippen molar-refractivity contribution < 1.29 is 0 Å². The molecule has 0 amide bonds. The maximum Gasteiger partial charge on any atom is 0.0897 e. The van der Waals surface area contributed by atoms with Gasteiger partial charge in [0.25, 0.3) is 0 Å². The Morgan fingerprint density at radius 2 is 2.29 bits per heavy atom. The number of thiazole rings is 1. The molecule has 4 heteroatoms. The van der Waals surface area contributed by atoms with Gasteiger partial charge >= 0.3 is 0 Å². The lowest BCUT2D eigenvalue weighted by Crippen LogP contribution is -2.15. The zero-order valence-corrected chi connectivity index (χ0v) is 11.3. The highest BCUT2D eigenvalue weighted by Gasteiger charge is 2.01. The van der Waals surface area contributed by atoms with Crippen LogP contribution in [0, 0.1) is 6.92 Å². The summed E-state index contributed by atoms with van der Waals surface area (Å²) in [6, 6.07) is 4.30. The van der Waals surface area contributed by atoms with E-state index >= 15 is 0 Å². The normalized spacial score (nSPS) is 10.9. The fourth-order valence-corrected chi connectivity index (χ4v) is 2.63. The summed E-state index contributed by atoms with van der Waals surface area (Å²) in [6.45, 7) is 7.17. The van der Waals surface area contributed by atoms with Crippen LogP contribution in [0.15, 0.2) is 24.5 Å². The van der Waals surface area contributed by atoms with E-state index < -0.39 is 0 Å². The van der Waals surface area contributed by atoms with E-state index in [0.29, 0.717) is 0 Å². The van der Waals surface area contributed by atoms with Gasteiger partial charge in [-0.05, 0) is 25.5 Å². The molecule has 0 fully saturated rings. The van der Waals surface area contributed by atoms with E-state index in [1.54, 1.807) is 11.3 Å². The van der Waals surface area contributed by atoms with Gasteiger partial charge in [0, 0.05) is 42.6 Å². The summed E-state index contributed by atoms with van der Waals surface area (Å²) in [5.41, 5.74) is 1.35. The molecule has 17 heavy (non-hydrogen) atoms. The molecule has 0 saturated carbocycles. The van der Waals surface area contributed by atoms with Crippen molar-refractivity contribution in [1.82, 2.24) is 14.9 Å². The lowest BCUT2D eigenvalue weighted by Gasteiger charge is -2.08. The molecule has 0 aliphatic carbocycles. The molecule has 0 atom stereocenters. The summed E-state index contributed by atoms with van der Waals surface area (Å²) in [7, 11) is 0. The van der Waals surface area contributed by atoms with Gasteiger partial charge in [-0.1, -0.05) is 6.92 Å². The van der Waals surface area contributed by atoms with Crippen molar-refractivity contribution in [2.24, 2.45) is 0 Å². The van der Waals surface area contributed by atoms with Crippen molar-refractivity contribution in [2.75, 3.05) is 0 Å². The molecule has 0 spiro atoms. The number of aryl methyl sites for hydroxylation is 2. The molecule has 2 aromatic rings. The SMILES string of the molecule is CCCn1cccc1CNCc1cnc(C)s1. The summed E-state index contributed by atoms with van der Waals surface area (Å²) in [6.07, 6.45) is 5.28. The molecule has 2 rings (SSSR count). The van der Waals surface area contributed by atoms with Crippen molar-refractivity contribution in [1.29, 1.82) is 0 Å². The lowest BCUT2D eigenvalue weighted by atomic mass is 10.4. The number of hydrogen-bond acceptors (Lipinski definition) is 3. The molecule has 0 bridgehead atoms. The Kier molecular flexibility index (Phi) is 4.34. The lowest BCUT2D eigenvalue weighted by molar-refractivity contribution is 0.604. The highest BCUT2D eigenvalue weighted by Crippen LogP contribution is 2.11. The van der Waals surface area contributed by atoms with Gasteiger partial charge in [0.2, 0.25) is 0 Å². The molecule has 2 aromatic heterocycles. The van der Waals surface area contributed by atoms with Crippen molar-refractivity contribution in [3.05, 3.63) is 40.1 Å². The van der Waals surface area contributed by atoms with E-state index in [2.05, 4.69) is 40.1 Å². The Balaban J connectivity index is 1.83. The van der Waals surface area contributed by atoms with Crippen molar-refractivity contribution in [3.63, 3.8) is 0 Å². The summed E-state index contributed by atoms with van der Waals surface area (Å²) in [5.74, 6) is 0. The first kappa shape index (κ1) is 12.3. The maximum atomic E-state index is 4.25. The van der Waals surface area contributed by atoms with Crippen LogP contribution in [-0.4, -0.2) is 9.55 Å². The fourth-order valence-electron chi connectivity index (χ4n) is 1.87. The largest absolute Gasteiger partial charge is 0.350 e. The predicted octanol–water partition coefficient (Wildman–Crippen LogP) is 2.95. The number of aromatic nitrogens is 2. The Labute approximate surface area is 107 Å². The Hall–Kier alpha value is -1.13. The van der Waals surface area contributed by atoms with E-state index in [0.717, 1.165) is 24.6 Å². The third-order valence-electron chi connectivity index (χ3n) is 2.66. The van der Waals surface area contributed by atoms with Crippen LogP contribution in [0.3, 0.4) is 0 Å². The summed E-state index contributed by atoms with van der Waals surface area (Å²) >= 11 is 1.76. The number of hydrogen-bond donors (Lipinski definition) is 1. The Morgan fingerprint density at radius 1 is 1.41 bits per heavy atom. The van der Waals surface area contributed by atoms with Crippen molar-refractivity contribution in [3.8, 4) is 0 Å². The van der Waals surface area contributed by atoms with E-state index in [1.165, 1.54) is 17.0 Å². The van der Waals surface area contributed by atoms with E-state index in [-0.39, 0.29) is 0 Å². The summed E-state index contributed by atoms with van der Waals surface area (Å²) < 4.78 is 2.31. The molecule has 0 aromatic carbocycles. The Morgan fingerprint density at radius 3 is 3.00 bits per heavy atom. The van der Waals surface area contributed by atoms with Crippen LogP contribution in [0.25, 0.3) is 0 Å². The van der Waals surface area contributed by atoms with Crippen LogP contribution in [0.1, 0.15) is 28.9 Å². The first-order valence-electron chi connectivity index (χ1n) is 6.05. The van der Waals surface area contributed by atoms with Gasteiger partial charge in [0.15, 0.2) is 0 Å². The van der Waals surface area contributed by atoms with Gasteiger partial charge in [-0.2, -0.15) is 0 Å². The smallest absolute Gasteiger partial charge is 0.0897 e. The minimum Gasteiger partial charge on any atom is -0.350 e. The molecule has 0 aliphatic rings. The molecule has 92 valence electrons. The molecular weight excluding hydrogens is 230 g/mol. The van der Waals surface area contributed by atoms with Crippen molar-refractivity contribution in [2.45, 2.75) is 39.9 Å². The standard InChI is InChI=1S/C13H19N3S/c1-3-6-16-7-4-5-12(16)8-14-9-13-10-15-11(2)17-13/h4-5,7,10,14H,3,6,8-9H2,1-2H3. The maximum absolute atomic E-state index is 4.25. The highest BCUT2D eigenvalue weighted by atomic mass is 32.1. The highest BCUT2D eigenvalue weighted by molar-refractivity contribution is 7.11. The molecule has 3 nitrogen and oxygen atoms in total. The first-order chi connectivity index (χ1) is 8.29. The van der Waals surface area contributed by atoms with E-state index in [9.17, 15) is 0 Å². The van der Waals surface area contributed by atoms with E-state index in [1.807, 2.05) is 13.1 Å². The zero-order chi connectivity index (χ0) is 12.1. The van der Waals surface area contributed by atoms with Crippen molar-refractivity contribution >= 4 is 11.3 Å². The van der Waals surface area contributed by atoms with Crippen LogP contribution in [0.5, 0.6) is 0 Å². The summed E-state index contributed by atoms with van der Waals surface area (Å²) in [4.78, 5) is 5.55.